The van der Waals surface area contributed by atoms with Crippen LogP contribution in [0.2, 0.25) is 0 Å². The minimum atomic E-state index is 0.298. The van der Waals surface area contributed by atoms with Gasteiger partial charge < -0.3 is 5.73 Å². The van der Waals surface area contributed by atoms with Crippen LogP contribution in [-0.2, 0) is 0 Å². The van der Waals surface area contributed by atoms with E-state index in [1.807, 2.05) is 6.08 Å². The Hall–Kier alpha value is -0.900. The molecular formula is C6H6BrN3. The van der Waals surface area contributed by atoms with Crippen molar-refractivity contribution >= 4 is 28.0 Å². The fourth-order valence-electron chi connectivity index (χ4n) is 0.507. The average Bonchev–Trinajstić information content (AvgIpc) is 1.95. The minimum absolute atomic E-state index is 0.298. The summed E-state index contributed by atoms with van der Waals surface area (Å²) < 4.78 is 0. The molecule has 0 bridgehead atoms. The van der Waals surface area contributed by atoms with Crippen molar-refractivity contribution in [2.75, 3.05) is 5.73 Å². The summed E-state index contributed by atoms with van der Waals surface area (Å²) in [7, 11) is 0. The van der Waals surface area contributed by atoms with E-state index in [1.54, 1.807) is 17.4 Å². The van der Waals surface area contributed by atoms with E-state index in [1.165, 1.54) is 0 Å². The van der Waals surface area contributed by atoms with Crippen LogP contribution >= 0.6 is 15.9 Å². The predicted octanol–water partition coefficient (Wildman–Crippen LogP) is 1.42. The Kier molecular flexibility index (Phi) is 2.39. The van der Waals surface area contributed by atoms with Crippen LogP contribution in [0, 0.1) is 0 Å². The molecule has 0 spiro atoms. The number of rotatable bonds is 1. The molecule has 1 heterocycles. The molecule has 1 aromatic heterocycles. The summed E-state index contributed by atoms with van der Waals surface area (Å²) in [5, 5.41) is 0. The average molecular weight is 200 g/mol. The number of nitrogens with zero attached hydrogens (tertiary/aromatic N) is 2. The van der Waals surface area contributed by atoms with Gasteiger partial charge in [-0.3, -0.25) is 0 Å². The molecule has 0 aromatic carbocycles. The van der Waals surface area contributed by atoms with Gasteiger partial charge >= 0.3 is 0 Å². The van der Waals surface area contributed by atoms with Gasteiger partial charge in [0.2, 0.25) is 5.95 Å². The molecule has 0 amide bonds. The molecule has 1 aromatic rings. The smallest absolute Gasteiger partial charge is 0.219 e. The molecule has 0 saturated carbocycles. The summed E-state index contributed by atoms with van der Waals surface area (Å²) in [6.45, 7) is 0. The van der Waals surface area contributed by atoms with Crippen LogP contribution in [-0.4, -0.2) is 9.97 Å². The van der Waals surface area contributed by atoms with Gasteiger partial charge in [-0.1, -0.05) is 15.9 Å². The van der Waals surface area contributed by atoms with Gasteiger partial charge in [-0.25, -0.2) is 9.97 Å². The van der Waals surface area contributed by atoms with E-state index in [4.69, 9.17) is 5.73 Å². The summed E-state index contributed by atoms with van der Waals surface area (Å²) in [5.41, 5.74) is 6.19. The predicted molar refractivity (Wildman–Crippen MR) is 44.4 cm³/mol. The van der Waals surface area contributed by atoms with Crippen molar-refractivity contribution < 1.29 is 0 Å². The van der Waals surface area contributed by atoms with E-state index in [2.05, 4.69) is 25.9 Å². The van der Waals surface area contributed by atoms with Gasteiger partial charge in [0.15, 0.2) is 0 Å². The molecule has 0 saturated heterocycles. The number of anilines is 1. The number of hydrogen-bond acceptors (Lipinski definition) is 3. The van der Waals surface area contributed by atoms with Gasteiger partial charge in [0.05, 0.1) is 0 Å². The second-order valence-corrected chi connectivity index (χ2v) is 2.20. The number of halogens is 1. The Bertz CT molecular complexity index is 229. The molecule has 3 nitrogen and oxygen atoms in total. The molecule has 0 aliphatic carbocycles. The molecule has 0 fully saturated rings. The van der Waals surface area contributed by atoms with E-state index in [0.717, 1.165) is 5.56 Å². The van der Waals surface area contributed by atoms with Crippen LogP contribution in [0.5, 0.6) is 0 Å². The van der Waals surface area contributed by atoms with Gasteiger partial charge in [0.1, 0.15) is 0 Å². The fraction of sp³-hybridized carbons (Fsp3) is 0. The lowest BCUT2D eigenvalue weighted by molar-refractivity contribution is 1.18. The lowest BCUT2D eigenvalue weighted by Crippen LogP contribution is -1.92. The van der Waals surface area contributed by atoms with Gasteiger partial charge in [-0.2, -0.15) is 0 Å². The third-order valence-corrected chi connectivity index (χ3v) is 1.21. The van der Waals surface area contributed by atoms with Crippen LogP contribution < -0.4 is 5.73 Å². The molecule has 52 valence electrons. The van der Waals surface area contributed by atoms with Gasteiger partial charge in [0, 0.05) is 18.0 Å². The standard InChI is InChI=1S/C6H6BrN3/c7-2-1-5-3-9-6(8)10-4-5/h1-4H,(H2,8,9,10)/b2-1+. The molecule has 0 atom stereocenters. The molecule has 4 heteroatoms. The monoisotopic (exact) mass is 199 g/mol. The quantitative estimate of drug-likeness (QED) is 0.745. The van der Waals surface area contributed by atoms with Crippen LogP contribution in [0.15, 0.2) is 17.4 Å². The Labute approximate surface area is 67.1 Å². The molecule has 0 unspecified atom stereocenters. The lowest BCUT2D eigenvalue weighted by atomic mass is 10.3. The summed E-state index contributed by atoms with van der Waals surface area (Å²) in [5.74, 6) is 0.298. The third-order valence-electron chi connectivity index (χ3n) is 0.947. The van der Waals surface area contributed by atoms with Crippen LogP contribution in [0.25, 0.3) is 6.08 Å². The van der Waals surface area contributed by atoms with Crippen molar-refractivity contribution in [3.05, 3.63) is 22.9 Å². The summed E-state index contributed by atoms with van der Waals surface area (Å²) in [4.78, 5) is 9.32. The Morgan fingerprint density at radius 3 is 2.50 bits per heavy atom. The van der Waals surface area contributed by atoms with Crippen molar-refractivity contribution in [2.45, 2.75) is 0 Å². The molecule has 0 aliphatic rings. The zero-order valence-electron chi connectivity index (χ0n) is 5.16. The topological polar surface area (TPSA) is 51.8 Å². The first-order valence-corrected chi connectivity index (χ1v) is 3.59. The van der Waals surface area contributed by atoms with Gasteiger partial charge in [-0.15, -0.1) is 0 Å². The fourth-order valence-corrected chi connectivity index (χ4v) is 0.812. The largest absolute Gasteiger partial charge is 0.368 e. The Balaban J connectivity index is 2.89. The SMILES string of the molecule is Nc1ncc(/C=C/Br)cn1. The zero-order valence-corrected chi connectivity index (χ0v) is 6.75. The van der Waals surface area contributed by atoms with Gasteiger partial charge in [-0.05, 0) is 11.1 Å². The maximum atomic E-state index is 5.26. The molecular weight excluding hydrogens is 194 g/mol. The minimum Gasteiger partial charge on any atom is -0.368 e. The van der Waals surface area contributed by atoms with Crippen LogP contribution in [0.3, 0.4) is 0 Å². The second-order valence-electron chi connectivity index (χ2n) is 1.67. The van der Waals surface area contributed by atoms with Crippen molar-refractivity contribution in [3.8, 4) is 0 Å². The Morgan fingerprint density at radius 2 is 2.00 bits per heavy atom. The zero-order chi connectivity index (χ0) is 7.40. The third kappa shape index (κ3) is 1.80. The highest BCUT2D eigenvalue weighted by Gasteiger charge is 1.86. The van der Waals surface area contributed by atoms with Gasteiger partial charge in [0.25, 0.3) is 0 Å². The lowest BCUT2D eigenvalue weighted by Gasteiger charge is -1.90. The van der Waals surface area contributed by atoms with Crippen molar-refractivity contribution in [1.29, 1.82) is 0 Å². The summed E-state index contributed by atoms with van der Waals surface area (Å²) in [6, 6.07) is 0. The molecule has 0 aliphatic heterocycles. The highest BCUT2D eigenvalue weighted by molar-refractivity contribution is 9.11. The second kappa shape index (κ2) is 3.31. The highest BCUT2D eigenvalue weighted by atomic mass is 79.9. The maximum Gasteiger partial charge on any atom is 0.219 e. The molecule has 10 heavy (non-hydrogen) atoms. The first-order valence-electron chi connectivity index (χ1n) is 2.67. The summed E-state index contributed by atoms with van der Waals surface area (Å²) in [6.07, 6.45) is 5.14. The van der Waals surface area contributed by atoms with E-state index in [9.17, 15) is 0 Å². The summed E-state index contributed by atoms with van der Waals surface area (Å²) >= 11 is 3.14. The van der Waals surface area contributed by atoms with E-state index in [0.29, 0.717) is 5.95 Å². The first kappa shape index (κ1) is 7.21. The number of nitrogen functional groups attached to an aromatic ring is 1. The van der Waals surface area contributed by atoms with E-state index in [-0.39, 0.29) is 0 Å². The Morgan fingerprint density at radius 1 is 1.40 bits per heavy atom. The highest BCUT2D eigenvalue weighted by Crippen LogP contribution is 2.00. The number of aromatic nitrogens is 2. The van der Waals surface area contributed by atoms with Crippen molar-refractivity contribution in [3.63, 3.8) is 0 Å². The van der Waals surface area contributed by atoms with Crippen molar-refractivity contribution in [2.24, 2.45) is 0 Å². The molecule has 1 rings (SSSR count). The van der Waals surface area contributed by atoms with Crippen molar-refractivity contribution in [1.82, 2.24) is 9.97 Å². The van der Waals surface area contributed by atoms with Crippen LogP contribution in [0.4, 0.5) is 5.95 Å². The number of hydrogen-bond donors (Lipinski definition) is 1. The molecule has 2 N–H and O–H groups in total. The maximum absolute atomic E-state index is 5.26. The van der Waals surface area contributed by atoms with E-state index >= 15 is 0 Å². The number of nitrogens with two attached hydrogens (primary N) is 1. The molecule has 0 radical (unpaired) electrons. The normalized spacial score (nSPS) is 10.5. The van der Waals surface area contributed by atoms with Crippen LogP contribution in [0.1, 0.15) is 5.56 Å². The first-order chi connectivity index (χ1) is 4.83. The van der Waals surface area contributed by atoms with E-state index < -0.39 is 0 Å².